The van der Waals surface area contributed by atoms with Crippen molar-refractivity contribution in [1.82, 2.24) is 0 Å². The molecule has 0 unspecified atom stereocenters. The number of rotatable bonds is 8. The molecule has 0 radical (unpaired) electrons. The number of anilines is 5. The Labute approximate surface area is 272 Å². The maximum Gasteiger partial charge on any atom is 0.131 e. The number of thiophene rings is 1. The molecule has 220 valence electrons. The van der Waals surface area contributed by atoms with Crippen molar-refractivity contribution in [3.8, 4) is 22.6 Å². The number of hydrogen-bond acceptors (Lipinski definition) is 4. The Bertz CT molecular complexity index is 2260. The lowest BCUT2D eigenvalue weighted by molar-refractivity contribution is 0.483. The quantitative estimate of drug-likeness (QED) is 0.185. The van der Waals surface area contributed by atoms with Crippen molar-refractivity contribution in [2.24, 2.45) is 0 Å². The standard InChI is InChI=1S/C42H30N2OS/c1-4-15-30(16-5-1)36-21-10-12-23-38(36)43-31-27-33(29-35(28-31)45-34-19-8-3-9-20-34)44(32-17-6-2-7-18-32)39-24-14-26-41-42(39)37-22-11-13-25-40(37)46-41/h1-29,43H. The Hall–Kier alpha value is -5.84. The second kappa shape index (κ2) is 12.3. The molecule has 8 rings (SSSR count). The smallest absolute Gasteiger partial charge is 0.131 e. The van der Waals surface area contributed by atoms with Crippen LogP contribution in [0.2, 0.25) is 0 Å². The van der Waals surface area contributed by atoms with Gasteiger partial charge in [0.2, 0.25) is 0 Å². The molecule has 0 saturated carbocycles. The van der Waals surface area contributed by atoms with E-state index in [1.165, 1.54) is 20.2 Å². The molecule has 0 aliphatic heterocycles. The van der Waals surface area contributed by atoms with Crippen LogP contribution in [0, 0.1) is 0 Å². The van der Waals surface area contributed by atoms with Gasteiger partial charge in [-0.15, -0.1) is 11.3 Å². The van der Waals surface area contributed by atoms with Crippen LogP contribution in [-0.4, -0.2) is 0 Å². The minimum absolute atomic E-state index is 0.742. The highest BCUT2D eigenvalue weighted by Crippen LogP contribution is 2.46. The molecular weight excluding hydrogens is 581 g/mol. The van der Waals surface area contributed by atoms with Gasteiger partial charge in [-0.25, -0.2) is 0 Å². The summed E-state index contributed by atoms with van der Waals surface area (Å²) in [5.41, 5.74) is 7.41. The van der Waals surface area contributed by atoms with E-state index in [1.54, 1.807) is 0 Å². The van der Waals surface area contributed by atoms with Gasteiger partial charge in [-0.1, -0.05) is 109 Å². The fourth-order valence-electron chi connectivity index (χ4n) is 6.03. The second-order valence-corrected chi connectivity index (χ2v) is 12.2. The molecule has 0 aliphatic rings. The van der Waals surface area contributed by atoms with E-state index in [2.05, 4.69) is 150 Å². The van der Waals surface area contributed by atoms with Crippen LogP contribution < -0.4 is 15.0 Å². The molecule has 1 heterocycles. The minimum atomic E-state index is 0.742. The highest BCUT2D eigenvalue weighted by Gasteiger charge is 2.20. The predicted octanol–water partition coefficient (Wildman–Crippen LogP) is 12.7. The lowest BCUT2D eigenvalue weighted by atomic mass is 10.0. The fraction of sp³-hybridized carbons (Fsp3) is 0. The third-order valence-corrected chi connectivity index (χ3v) is 9.19. The van der Waals surface area contributed by atoms with Gasteiger partial charge in [0.05, 0.1) is 11.4 Å². The Morgan fingerprint density at radius 2 is 1.17 bits per heavy atom. The summed E-state index contributed by atoms with van der Waals surface area (Å²) in [5, 5.41) is 6.25. The molecule has 0 saturated heterocycles. The van der Waals surface area contributed by atoms with Gasteiger partial charge in [0.1, 0.15) is 11.5 Å². The van der Waals surface area contributed by atoms with E-state index in [-0.39, 0.29) is 0 Å². The molecule has 1 N–H and O–H groups in total. The zero-order chi connectivity index (χ0) is 30.7. The van der Waals surface area contributed by atoms with Crippen molar-refractivity contribution < 1.29 is 4.74 Å². The van der Waals surface area contributed by atoms with Crippen molar-refractivity contribution in [3.63, 3.8) is 0 Å². The first-order valence-corrected chi connectivity index (χ1v) is 16.2. The van der Waals surface area contributed by atoms with E-state index < -0.39 is 0 Å². The molecule has 0 bridgehead atoms. The summed E-state index contributed by atoms with van der Waals surface area (Å²) < 4.78 is 9.05. The van der Waals surface area contributed by atoms with Gasteiger partial charge < -0.3 is 15.0 Å². The van der Waals surface area contributed by atoms with E-state index in [9.17, 15) is 0 Å². The molecule has 0 spiro atoms. The van der Waals surface area contributed by atoms with E-state index >= 15 is 0 Å². The van der Waals surface area contributed by atoms with Crippen molar-refractivity contribution in [2.45, 2.75) is 0 Å². The van der Waals surface area contributed by atoms with Crippen LogP contribution in [-0.2, 0) is 0 Å². The van der Waals surface area contributed by atoms with Crippen LogP contribution >= 0.6 is 11.3 Å². The highest BCUT2D eigenvalue weighted by atomic mass is 32.1. The zero-order valence-corrected chi connectivity index (χ0v) is 25.8. The maximum atomic E-state index is 6.51. The topological polar surface area (TPSA) is 24.5 Å². The van der Waals surface area contributed by atoms with Crippen molar-refractivity contribution in [1.29, 1.82) is 0 Å². The first kappa shape index (κ1) is 27.7. The summed E-state index contributed by atoms with van der Waals surface area (Å²) in [4.78, 5) is 2.34. The van der Waals surface area contributed by atoms with E-state index in [0.717, 1.165) is 51.1 Å². The Balaban J connectivity index is 1.32. The van der Waals surface area contributed by atoms with Gasteiger partial charge in [0.15, 0.2) is 0 Å². The second-order valence-electron chi connectivity index (χ2n) is 11.1. The number of para-hydroxylation sites is 3. The van der Waals surface area contributed by atoms with Gasteiger partial charge in [-0.05, 0) is 60.2 Å². The minimum Gasteiger partial charge on any atom is -0.457 e. The van der Waals surface area contributed by atoms with Crippen LogP contribution in [0.25, 0.3) is 31.3 Å². The molecule has 1 aromatic heterocycles. The summed E-state index contributed by atoms with van der Waals surface area (Å²) in [5.74, 6) is 1.53. The largest absolute Gasteiger partial charge is 0.457 e. The number of ether oxygens (including phenoxy) is 1. The summed E-state index contributed by atoms with van der Waals surface area (Å²) in [6.07, 6.45) is 0. The maximum absolute atomic E-state index is 6.51. The van der Waals surface area contributed by atoms with Crippen molar-refractivity contribution >= 4 is 59.9 Å². The molecule has 7 aromatic carbocycles. The Kier molecular flexibility index (Phi) is 7.39. The van der Waals surface area contributed by atoms with Crippen LogP contribution in [0.5, 0.6) is 11.5 Å². The number of hydrogen-bond donors (Lipinski definition) is 1. The average Bonchev–Trinajstić information content (AvgIpc) is 3.50. The first-order valence-electron chi connectivity index (χ1n) is 15.4. The van der Waals surface area contributed by atoms with E-state index in [1.807, 2.05) is 47.7 Å². The van der Waals surface area contributed by atoms with E-state index in [0.29, 0.717) is 0 Å². The molecule has 8 aromatic rings. The lowest BCUT2D eigenvalue weighted by Crippen LogP contribution is -2.11. The summed E-state index contributed by atoms with van der Waals surface area (Å²) in [6.45, 7) is 0. The molecular formula is C42H30N2OS. The molecule has 4 heteroatoms. The van der Waals surface area contributed by atoms with Gasteiger partial charge in [-0.2, -0.15) is 0 Å². The molecule has 46 heavy (non-hydrogen) atoms. The molecule has 0 atom stereocenters. The molecule has 0 aliphatic carbocycles. The third-order valence-electron chi connectivity index (χ3n) is 8.06. The van der Waals surface area contributed by atoms with Gasteiger partial charge in [0, 0.05) is 54.9 Å². The average molecular weight is 611 g/mol. The number of fused-ring (bicyclic) bond motifs is 3. The van der Waals surface area contributed by atoms with Crippen molar-refractivity contribution in [3.05, 3.63) is 176 Å². The molecule has 3 nitrogen and oxygen atoms in total. The molecule has 0 fully saturated rings. The monoisotopic (exact) mass is 610 g/mol. The zero-order valence-electron chi connectivity index (χ0n) is 25.0. The van der Waals surface area contributed by atoms with Crippen LogP contribution in [0.3, 0.4) is 0 Å². The summed E-state index contributed by atoms with van der Waals surface area (Å²) >= 11 is 1.83. The fourth-order valence-corrected chi connectivity index (χ4v) is 7.16. The van der Waals surface area contributed by atoms with Gasteiger partial charge >= 0.3 is 0 Å². The summed E-state index contributed by atoms with van der Waals surface area (Å²) in [6, 6.07) is 61.1. The van der Waals surface area contributed by atoms with Crippen LogP contribution in [0.1, 0.15) is 0 Å². The highest BCUT2D eigenvalue weighted by molar-refractivity contribution is 7.26. The van der Waals surface area contributed by atoms with Crippen LogP contribution in [0.4, 0.5) is 28.4 Å². The number of nitrogens with one attached hydrogen (secondary N) is 1. The Morgan fingerprint density at radius 1 is 0.500 bits per heavy atom. The van der Waals surface area contributed by atoms with E-state index in [4.69, 9.17) is 4.74 Å². The van der Waals surface area contributed by atoms with Gasteiger partial charge in [0.25, 0.3) is 0 Å². The van der Waals surface area contributed by atoms with Crippen molar-refractivity contribution in [2.75, 3.05) is 10.2 Å². The number of nitrogens with zero attached hydrogens (tertiary/aromatic N) is 1. The first-order chi connectivity index (χ1) is 22.8. The predicted molar refractivity (Wildman–Crippen MR) is 196 cm³/mol. The molecule has 0 amide bonds. The van der Waals surface area contributed by atoms with Gasteiger partial charge in [-0.3, -0.25) is 0 Å². The number of benzene rings is 7. The Morgan fingerprint density at radius 3 is 2.00 bits per heavy atom. The third kappa shape index (κ3) is 5.47. The lowest BCUT2D eigenvalue weighted by Gasteiger charge is -2.27. The summed E-state index contributed by atoms with van der Waals surface area (Å²) in [7, 11) is 0. The normalized spacial score (nSPS) is 11.0. The van der Waals surface area contributed by atoms with Crippen LogP contribution in [0.15, 0.2) is 176 Å². The SMILES string of the molecule is c1ccc(Oc2cc(Nc3ccccc3-c3ccccc3)cc(N(c3ccccc3)c3cccc4sc5ccccc5c34)c2)cc1.